The van der Waals surface area contributed by atoms with Crippen LogP contribution in [0.25, 0.3) is 22.0 Å². The highest BCUT2D eigenvalue weighted by molar-refractivity contribution is 5.99. The zero-order valence-electron chi connectivity index (χ0n) is 25.5. The average Bonchev–Trinajstić information content (AvgIpc) is 3.02. The fourth-order valence-electron chi connectivity index (χ4n) is 5.61. The van der Waals surface area contributed by atoms with Crippen LogP contribution in [0.4, 0.5) is 40.8 Å². The summed E-state index contributed by atoms with van der Waals surface area (Å²) in [4.78, 5) is 43.5. The van der Waals surface area contributed by atoms with E-state index in [1.54, 1.807) is 0 Å². The van der Waals surface area contributed by atoms with Gasteiger partial charge in [-0.1, -0.05) is 18.2 Å². The first-order valence-corrected chi connectivity index (χ1v) is 14.5. The number of pyridine rings is 2. The molecule has 3 heterocycles. The molecule has 0 aliphatic carbocycles. The minimum Gasteiger partial charge on any atom is -0.480 e. The summed E-state index contributed by atoms with van der Waals surface area (Å²) in [7, 11) is 1.30. The molecule has 1 aliphatic heterocycles. The molecule has 2 N–H and O–H groups in total. The van der Waals surface area contributed by atoms with Gasteiger partial charge in [-0.3, -0.25) is 14.6 Å². The van der Waals surface area contributed by atoms with Gasteiger partial charge in [-0.2, -0.15) is 26.3 Å². The van der Waals surface area contributed by atoms with Crippen LogP contribution >= 0.6 is 0 Å². The molecule has 0 spiro atoms. The Kier molecular flexibility index (Phi) is 9.42. The number of aliphatic carboxylic acids is 1. The number of hydrogen-bond donors (Lipinski definition) is 2. The van der Waals surface area contributed by atoms with Gasteiger partial charge in [-0.15, -0.1) is 0 Å². The number of nitrogens with zero attached hydrogens (tertiary/aromatic N) is 3. The Morgan fingerprint density at radius 3 is 2.37 bits per heavy atom. The number of morpholine rings is 1. The summed E-state index contributed by atoms with van der Waals surface area (Å²) in [6.45, 7) is 0.0672. The summed E-state index contributed by atoms with van der Waals surface area (Å²) >= 11 is 0. The number of anilines is 1. The Morgan fingerprint density at radius 2 is 1.76 bits per heavy atom. The van der Waals surface area contributed by atoms with Gasteiger partial charge in [0.1, 0.15) is 23.2 Å². The quantitative estimate of drug-likeness (QED) is 0.249. The molecule has 0 bridgehead atoms. The first kappa shape index (κ1) is 35.3. The molecule has 260 valence electrons. The standard InChI is InChI=1S/C32H26F8N4O5/c1-15-10-20(31(35,36)37)25(29(46)43(15)2)19-6-5-16(18-4-3-7-41-27(18)19)11-23(30(47)48)42-28(45)26-21(33)12-17(13-22(26)34)44-8-9-49-24(14-44)32(38,39)40/h3-7,10,12-13,23-24H,8-9,11,14H2,1-2H3,(H,42,45)(H,47,48)/t23-,24+/m0/s1. The average molecular weight is 699 g/mol. The van der Waals surface area contributed by atoms with E-state index in [0.29, 0.717) is 12.1 Å². The number of carboxylic acid groups (broad SMARTS) is 1. The van der Waals surface area contributed by atoms with Crippen LogP contribution in [-0.2, 0) is 29.2 Å². The Bertz CT molecular complexity index is 1990. The molecule has 1 saturated heterocycles. The molecule has 4 aromatic rings. The summed E-state index contributed by atoms with van der Waals surface area (Å²) in [6.07, 6.45) is -11.1. The van der Waals surface area contributed by atoms with Gasteiger partial charge in [0.2, 0.25) is 0 Å². The third-order valence-corrected chi connectivity index (χ3v) is 8.18. The second-order valence-electron chi connectivity index (χ2n) is 11.3. The number of alkyl halides is 6. The molecule has 5 rings (SSSR count). The van der Waals surface area contributed by atoms with Crippen molar-refractivity contribution >= 4 is 28.5 Å². The Labute approximate surface area is 271 Å². The maximum Gasteiger partial charge on any atom is 0.417 e. The lowest BCUT2D eigenvalue weighted by Crippen LogP contribution is -2.49. The van der Waals surface area contributed by atoms with E-state index in [0.717, 1.165) is 15.5 Å². The monoisotopic (exact) mass is 698 g/mol. The maximum atomic E-state index is 15.1. The molecule has 2 aromatic carbocycles. The molecule has 1 amide bonds. The van der Waals surface area contributed by atoms with E-state index in [2.05, 4.69) is 9.72 Å². The van der Waals surface area contributed by atoms with E-state index in [-0.39, 0.29) is 46.6 Å². The number of carbonyl (C=O) groups excluding carboxylic acids is 1. The predicted octanol–water partition coefficient (Wildman–Crippen LogP) is 5.40. The zero-order valence-corrected chi connectivity index (χ0v) is 25.5. The third kappa shape index (κ3) is 7.06. The summed E-state index contributed by atoms with van der Waals surface area (Å²) in [6, 6.07) is 5.54. The molecular weight excluding hydrogens is 672 g/mol. The molecule has 2 atom stereocenters. The maximum absolute atomic E-state index is 15.1. The largest absolute Gasteiger partial charge is 0.480 e. The SMILES string of the molecule is Cc1cc(C(F)(F)F)c(-c2ccc(C[C@H](NC(=O)c3c(F)cc(N4CCO[C@@H](C(F)(F)F)C4)cc3F)C(=O)O)c3cccnc23)c(=O)n1C. The molecule has 1 aliphatic rings. The van der Waals surface area contributed by atoms with E-state index in [1.165, 1.54) is 44.4 Å². The Balaban J connectivity index is 1.46. The smallest absolute Gasteiger partial charge is 0.417 e. The Morgan fingerprint density at radius 1 is 1.08 bits per heavy atom. The van der Waals surface area contributed by atoms with Gasteiger partial charge in [-0.25, -0.2) is 13.6 Å². The van der Waals surface area contributed by atoms with E-state index in [1.807, 2.05) is 5.32 Å². The topological polar surface area (TPSA) is 114 Å². The number of carboxylic acids is 1. The van der Waals surface area contributed by atoms with Crippen LogP contribution < -0.4 is 15.8 Å². The number of rotatable bonds is 7. The van der Waals surface area contributed by atoms with Crippen molar-refractivity contribution in [2.45, 2.75) is 37.8 Å². The zero-order chi connectivity index (χ0) is 36.0. The molecule has 2 aromatic heterocycles. The van der Waals surface area contributed by atoms with Crippen molar-refractivity contribution in [2.75, 3.05) is 24.6 Å². The van der Waals surface area contributed by atoms with Gasteiger partial charge in [-0.05, 0) is 36.8 Å². The number of aryl methyl sites for hydroxylation is 1. The van der Waals surface area contributed by atoms with Crippen LogP contribution in [-0.4, -0.2) is 64.6 Å². The van der Waals surface area contributed by atoms with E-state index >= 15 is 8.78 Å². The van der Waals surface area contributed by atoms with Crippen molar-refractivity contribution < 1.29 is 54.6 Å². The van der Waals surface area contributed by atoms with Gasteiger partial charge in [0.25, 0.3) is 11.5 Å². The number of fused-ring (bicyclic) bond motifs is 1. The van der Waals surface area contributed by atoms with Gasteiger partial charge < -0.3 is 24.6 Å². The summed E-state index contributed by atoms with van der Waals surface area (Å²) in [5.41, 5.74) is -4.38. The first-order valence-electron chi connectivity index (χ1n) is 14.5. The molecular formula is C32H26F8N4O5. The van der Waals surface area contributed by atoms with Crippen LogP contribution in [0.3, 0.4) is 0 Å². The second-order valence-corrected chi connectivity index (χ2v) is 11.3. The van der Waals surface area contributed by atoms with Crippen LogP contribution in [0.2, 0.25) is 0 Å². The van der Waals surface area contributed by atoms with Crippen molar-refractivity contribution in [3.05, 3.63) is 93.0 Å². The highest BCUT2D eigenvalue weighted by Gasteiger charge is 2.44. The molecule has 0 saturated carbocycles. The normalized spacial score (nSPS) is 16.1. The number of carbonyl (C=O) groups is 2. The van der Waals surface area contributed by atoms with Gasteiger partial charge >= 0.3 is 18.3 Å². The van der Waals surface area contributed by atoms with Crippen LogP contribution in [0.1, 0.15) is 27.2 Å². The van der Waals surface area contributed by atoms with Crippen molar-refractivity contribution in [2.24, 2.45) is 7.05 Å². The number of hydrogen-bond acceptors (Lipinski definition) is 6. The minimum absolute atomic E-state index is 0.0497. The minimum atomic E-state index is -4.91. The number of ether oxygens (including phenoxy) is 1. The van der Waals surface area contributed by atoms with Crippen molar-refractivity contribution in [1.29, 1.82) is 0 Å². The van der Waals surface area contributed by atoms with E-state index < -0.39 is 83.2 Å². The summed E-state index contributed by atoms with van der Waals surface area (Å²) < 4.78 is 118. The fraction of sp³-hybridized carbons (Fsp3) is 0.312. The van der Waals surface area contributed by atoms with Crippen LogP contribution in [0, 0.1) is 18.6 Å². The molecule has 1 fully saturated rings. The summed E-state index contributed by atoms with van der Waals surface area (Å²) in [5, 5.41) is 12.1. The van der Waals surface area contributed by atoms with E-state index in [9.17, 15) is 45.8 Å². The molecule has 9 nitrogen and oxygen atoms in total. The van der Waals surface area contributed by atoms with Gasteiger partial charge in [0, 0.05) is 48.5 Å². The van der Waals surface area contributed by atoms with Crippen molar-refractivity contribution in [3.8, 4) is 11.1 Å². The Hall–Kier alpha value is -5.06. The lowest BCUT2D eigenvalue weighted by Gasteiger charge is -2.35. The highest BCUT2D eigenvalue weighted by atomic mass is 19.4. The first-order chi connectivity index (χ1) is 22.9. The van der Waals surface area contributed by atoms with Gasteiger partial charge in [0.15, 0.2) is 6.10 Å². The number of benzene rings is 2. The number of halogens is 8. The number of nitrogens with one attached hydrogen (secondary N) is 1. The number of aromatic nitrogens is 2. The van der Waals surface area contributed by atoms with Crippen molar-refractivity contribution in [1.82, 2.24) is 14.9 Å². The third-order valence-electron chi connectivity index (χ3n) is 8.18. The van der Waals surface area contributed by atoms with E-state index in [4.69, 9.17) is 0 Å². The lowest BCUT2D eigenvalue weighted by atomic mass is 9.93. The molecule has 0 radical (unpaired) electrons. The lowest BCUT2D eigenvalue weighted by molar-refractivity contribution is -0.221. The predicted molar refractivity (Wildman–Crippen MR) is 159 cm³/mol. The number of amides is 1. The van der Waals surface area contributed by atoms with Crippen molar-refractivity contribution in [3.63, 3.8) is 0 Å². The fourth-order valence-corrected chi connectivity index (χ4v) is 5.61. The summed E-state index contributed by atoms with van der Waals surface area (Å²) in [5.74, 6) is -6.05. The second kappa shape index (κ2) is 13.1. The molecule has 49 heavy (non-hydrogen) atoms. The van der Waals surface area contributed by atoms with Gasteiger partial charge in [0.05, 0.1) is 29.8 Å². The van der Waals surface area contributed by atoms with Crippen LogP contribution in [0.5, 0.6) is 0 Å². The van der Waals surface area contributed by atoms with Crippen LogP contribution in [0.15, 0.2) is 53.5 Å². The highest BCUT2D eigenvalue weighted by Crippen LogP contribution is 2.38. The molecule has 0 unspecified atom stereocenters. The molecule has 17 heteroatoms.